The topological polar surface area (TPSA) is 72.9 Å². The van der Waals surface area contributed by atoms with E-state index in [1.807, 2.05) is 16.8 Å². The van der Waals surface area contributed by atoms with Gasteiger partial charge in [-0.05, 0) is 56.1 Å². The van der Waals surface area contributed by atoms with Gasteiger partial charge in [0.1, 0.15) is 5.01 Å². The molecule has 1 aromatic heterocycles. The summed E-state index contributed by atoms with van der Waals surface area (Å²) in [5.41, 5.74) is 1.75. The Balaban J connectivity index is 1.12. The minimum absolute atomic E-state index is 0.0255. The van der Waals surface area contributed by atoms with Gasteiger partial charge in [-0.2, -0.15) is 4.39 Å². The molecule has 2 saturated heterocycles. The van der Waals surface area contributed by atoms with Crippen molar-refractivity contribution in [2.24, 2.45) is 5.41 Å². The van der Waals surface area contributed by atoms with Crippen LogP contribution in [0.1, 0.15) is 62.7 Å². The smallest absolute Gasteiger partial charge is 0.320 e. The number of rotatable bonds is 5. The van der Waals surface area contributed by atoms with E-state index in [0.29, 0.717) is 35.1 Å². The number of benzene rings is 1. The molecule has 2 aliphatic heterocycles. The van der Waals surface area contributed by atoms with Crippen molar-refractivity contribution in [2.45, 2.75) is 70.5 Å². The minimum Gasteiger partial charge on any atom is -0.337 e. The summed E-state index contributed by atoms with van der Waals surface area (Å²) in [5, 5.41) is 7.13. The number of aromatic nitrogens is 2. The van der Waals surface area contributed by atoms with Gasteiger partial charge in [-0.15, -0.1) is 10.2 Å². The fraction of sp³-hybridized carbons (Fsp3) is 0.643. The molecule has 0 radical (unpaired) electrons. The Morgan fingerprint density at radius 1 is 0.947 bits per heavy atom. The zero-order valence-corrected chi connectivity index (χ0v) is 23.7. The van der Waals surface area contributed by atoms with Crippen molar-refractivity contribution in [2.75, 3.05) is 40.3 Å². The molecule has 2 atom stereocenters. The first-order chi connectivity index (χ1) is 18.1. The molecule has 2 aromatic rings. The van der Waals surface area contributed by atoms with Crippen molar-refractivity contribution < 1.29 is 14.0 Å². The molecule has 1 saturated carbocycles. The molecule has 3 amide bonds. The van der Waals surface area contributed by atoms with Gasteiger partial charge in [0.15, 0.2) is 0 Å². The molecule has 1 aliphatic carbocycles. The highest BCUT2D eigenvalue weighted by atomic mass is 32.1. The number of carbonyl (C=O) groups excluding carboxylic acids is 2. The van der Waals surface area contributed by atoms with Gasteiger partial charge >= 0.3 is 6.03 Å². The summed E-state index contributed by atoms with van der Waals surface area (Å²) in [6, 6.07) is 7.94. The van der Waals surface area contributed by atoms with E-state index in [1.165, 1.54) is 25.7 Å². The largest absolute Gasteiger partial charge is 0.337 e. The third-order valence-corrected chi connectivity index (χ3v) is 9.71. The lowest BCUT2D eigenvalue weighted by Crippen LogP contribution is -2.48. The van der Waals surface area contributed by atoms with Crippen LogP contribution < -0.4 is 0 Å². The quantitative estimate of drug-likeness (QED) is 0.553. The molecule has 0 bridgehead atoms. The molecule has 3 heterocycles. The number of hydrogen-bond donors (Lipinski definition) is 0. The summed E-state index contributed by atoms with van der Waals surface area (Å²) in [6.07, 6.45) is 6.87. The maximum Gasteiger partial charge on any atom is 0.320 e. The number of nitrogens with zero attached hydrogens (tertiary/aromatic N) is 6. The Labute approximate surface area is 228 Å². The van der Waals surface area contributed by atoms with E-state index in [1.54, 1.807) is 36.2 Å². The van der Waals surface area contributed by atoms with E-state index in [-0.39, 0.29) is 24.0 Å². The molecule has 0 spiro atoms. The SMILES string of the molecule is CN(C(=O)N1CC[C@H](N(C)C(=O)c2ccc(-c3nnc(F)s3)cc2)C1)C1CCN(C2CCC(C)(C)CC2)C1. The molecule has 3 aliphatic rings. The van der Waals surface area contributed by atoms with Gasteiger partial charge in [0.05, 0.1) is 6.04 Å². The second-order valence-electron chi connectivity index (χ2n) is 12.0. The van der Waals surface area contributed by atoms with Crippen molar-refractivity contribution in [3.8, 4) is 10.6 Å². The Bertz CT molecular complexity index is 1140. The maximum atomic E-state index is 13.4. The van der Waals surface area contributed by atoms with Crippen LogP contribution in [0, 0.1) is 10.7 Å². The molecule has 3 fully saturated rings. The number of halogens is 1. The molecule has 206 valence electrons. The van der Waals surface area contributed by atoms with Crippen molar-refractivity contribution in [1.82, 2.24) is 29.8 Å². The van der Waals surface area contributed by atoms with Gasteiger partial charge in [-0.1, -0.05) is 37.3 Å². The summed E-state index contributed by atoms with van der Waals surface area (Å²) in [4.78, 5) is 34.7. The number of likely N-dealkylation sites (tertiary alicyclic amines) is 2. The Morgan fingerprint density at radius 2 is 1.61 bits per heavy atom. The number of amides is 3. The van der Waals surface area contributed by atoms with Gasteiger partial charge in [0.25, 0.3) is 11.2 Å². The molecular formula is C28H39FN6O2S. The van der Waals surface area contributed by atoms with Crippen LogP contribution in [-0.4, -0.2) is 100 Å². The van der Waals surface area contributed by atoms with Crippen molar-refractivity contribution >= 4 is 23.3 Å². The van der Waals surface area contributed by atoms with E-state index in [4.69, 9.17) is 0 Å². The van der Waals surface area contributed by atoms with Crippen LogP contribution in [-0.2, 0) is 0 Å². The third-order valence-electron chi connectivity index (χ3n) is 8.95. The maximum absolute atomic E-state index is 13.4. The molecule has 38 heavy (non-hydrogen) atoms. The molecule has 8 nitrogen and oxygen atoms in total. The van der Waals surface area contributed by atoms with E-state index in [9.17, 15) is 14.0 Å². The first-order valence-electron chi connectivity index (χ1n) is 13.7. The lowest BCUT2D eigenvalue weighted by atomic mass is 9.75. The van der Waals surface area contributed by atoms with E-state index >= 15 is 0 Å². The summed E-state index contributed by atoms with van der Waals surface area (Å²) in [5.74, 6) is -0.0882. The third kappa shape index (κ3) is 5.71. The molecule has 1 unspecified atom stereocenters. The van der Waals surface area contributed by atoms with Crippen LogP contribution in [0.4, 0.5) is 9.18 Å². The number of hydrogen-bond acceptors (Lipinski definition) is 6. The number of carbonyl (C=O) groups is 2. The van der Waals surface area contributed by atoms with Crippen LogP contribution in [0.3, 0.4) is 0 Å². The average molecular weight is 543 g/mol. The van der Waals surface area contributed by atoms with Crippen LogP contribution in [0.2, 0.25) is 0 Å². The van der Waals surface area contributed by atoms with Gasteiger partial charge in [0.2, 0.25) is 0 Å². The Morgan fingerprint density at radius 3 is 2.26 bits per heavy atom. The minimum atomic E-state index is -0.579. The predicted molar refractivity (Wildman–Crippen MR) is 147 cm³/mol. The van der Waals surface area contributed by atoms with Crippen LogP contribution in [0.15, 0.2) is 24.3 Å². The Kier molecular flexibility index (Phi) is 7.73. The molecule has 5 rings (SSSR count). The van der Waals surface area contributed by atoms with Crippen molar-refractivity contribution in [3.63, 3.8) is 0 Å². The van der Waals surface area contributed by atoms with E-state index in [2.05, 4.69) is 28.9 Å². The Hall–Kier alpha value is -2.59. The number of urea groups is 1. The lowest BCUT2D eigenvalue weighted by Gasteiger charge is -2.39. The monoisotopic (exact) mass is 542 g/mol. The van der Waals surface area contributed by atoms with E-state index in [0.717, 1.165) is 42.8 Å². The summed E-state index contributed by atoms with van der Waals surface area (Å²) in [6.45, 7) is 7.97. The predicted octanol–water partition coefficient (Wildman–Crippen LogP) is 4.59. The van der Waals surface area contributed by atoms with E-state index < -0.39 is 5.26 Å². The second-order valence-corrected chi connectivity index (χ2v) is 12.9. The molecule has 1 aromatic carbocycles. The second kappa shape index (κ2) is 10.9. The van der Waals surface area contributed by atoms with Gasteiger partial charge in [0, 0.05) is 63.5 Å². The standard InChI is InChI=1S/C28H39FN6O2S/c1-28(2)13-9-21(10-14-28)34-15-11-23(17-34)33(4)27(37)35-16-12-22(18-35)32(3)25(36)20-7-5-19(6-8-20)24-30-31-26(29)38-24/h5-8,21-23H,9-18H2,1-4H3/t22-,23?/m0/s1. The zero-order valence-electron chi connectivity index (χ0n) is 22.9. The lowest BCUT2D eigenvalue weighted by molar-refractivity contribution is 0.0733. The van der Waals surface area contributed by atoms with Gasteiger partial charge < -0.3 is 14.7 Å². The summed E-state index contributed by atoms with van der Waals surface area (Å²) >= 11 is 0.875. The highest BCUT2D eigenvalue weighted by Crippen LogP contribution is 2.38. The first kappa shape index (κ1) is 27.0. The fourth-order valence-electron chi connectivity index (χ4n) is 6.22. The van der Waals surface area contributed by atoms with Crippen LogP contribution >= 0.6 is 11.3 Å². The molecule has 10 heteroatoms. The molecule has 0 N–H and O–H groups in total. The highest BCUT2D eigenvalue weighted by molar-refractivity contribution is 7.13. The normalized spacial score (nSPS) is 24.1. The van der Waals surface area contributed by atoms with Crippen molar-refractivity contribution in [1.29, 1.82) is 0 Å². The van der Waals surface area contributed by atoms with Crippen LogP contribution in [0.25, 0.3) is 10.6 Å². The highest BCUT2D eigenvalue weighted by Gasteiger charge is 2.38. The summed E-state index contributed by atoms with van der Waals surface area (Å²) < 4.78 is 13.2. The summed E-state index contributed by atoms with van der Waals surface area (Å²) in [7, 11) is 3.74. The average Bonchev–Trinajstić information content (AvgIpc) is 3.68. The fourth-order valence-corrected chi connectivity index (χ4v) is 6.80. The number of likely N-dealkylation sites (N-methyl/N-ethyl adjacent to an activating group) is 2. The first-order valence-corrected chi connectivity index (χ1v) is 14.6. The van der Waals surface area contributed by atoms with Crippen molar-refractivity contribution in [3.05, 3.63) is 35.1 Å². The van der Waals surface area contributed by atoms with Gasteiger partial charge in [-0.3, -0.25) is 9.69 Å². The molecular weight excluding hydrogens is 503 g/mol. The van der Waals surface area contributed by atoms with Gasteiger partial charge in [-0.25, -0.2) is 4.79 Å². The van der Waals surface area contributed by atoms with Crippen LogP contribution in [0.5, 0.6) is 0 Å². The zero-order chi connectivity index (χ0) is 27.0.